The van der Waals surface area contributed by atoms with Crippen molar-refractivity contribution in [1.82, 2.24) is 10.2 Å². The lowest BCUT2D eigenvalue weighted by Gasteiger charge is -2.26. The number of aromatic nitrogens is 2. The molecule has 0 amide bonds. The van der Waals surface area contributed by atoms with Crippen LogP contribution in [0.25, 0.3) is 11.1 Å². The zero-order chi connectivity index (χ0) is 12.5. The van der Waals surface area contributed by atoms with Crippen molar-refractivity contribution in [3.8, 4) is 11.1 Å². The van der Waals surface area contributed by atoms with Gasteiger partial charge in [-0.1, -0.05) is 24.3 Å². The van der Waals surface area contributed by atoms with Gasteiger partial charge in [-0.15, -0.1) is 0 Å². The third-order valence-corrected chi connectivity index (χ3v) is 3.04. The number of hydrogen-bond donors (Lipinski definition) is 2. The molecule has 0 unspecified atom stereocenters. The lowest BCUT2D eigenvalue weighted by molar-refractivity contribution is 0.0197. The highest BCUT2D eigenvalue weighted by atomic mass is 16.5. The molecule has 3 N–H and O–H groups in total. The summed E-state index contributed by atoms with van der Waals surface area (Å²) in [6, 6.07) is 8.05. The van der Waals surface area contributed by atoms with Gasteiger partial charge in [0.2, 0.25) is 0 Å². The van der Waals surface area contributed by atoms with Gasteiger partial charge in [-0.3, -0.25) is 5.10 Å². The number of rotatable bonds is 3. The normalized spacial score (nSPS) is 11.7. The molecule has 2 aromatic rings. The number of aromatic amines is 1. The standard InChI is InChI=1S/C13H17N3O/c1-13(2,17-3)11-7-5-4-6-9(11)10-8-15-16-12(10)14/h4-8H,1-3H3,(H3,14,15,16). The maximum Gasteiger partial charge on any atom is 0.126 e. The van der Waals surface area contributed by atoms with Crippen molar-refractivity contribution in [3.05, 3.63) is 36.0 Å². The lowest BCUT2D eigenvalue weighted by Crippen LogP contribution is -2.20. The van der Waals surface area contributed by atoms with E-state index in [4.69, 9.17) is 10.5 Å². The zero-order valence-corrected chi connectivity index (χ0v) is 10.3. The summed E-state index contributed by atoms with van der Waals surface area (Å²) in [4.78, 5) is 0. The Labute approximate surface area is 101 Å². The van der Waals surface area contributed by atoms with E-state index >= 15 is 0 Å². The fraction of sp³-hybridized carbons (Fsp3) is 0.308. The van der Waals surface area contributed by atoms with Crippen LogP contribution in [0.5, 0.6) is 0 Å². The van der Waals surface area contributed by atoms with Crippen LogP contribution in [0.2, 0.25) is 0 Å². The first-order valence-corrected chi connectivity index (χ1v) is 5.50. The minimum atomic E-state index is -0.361. The second-order valence-electron chi connectivity index (χ2n) is 4.46. The number of nitrogen functional groups attached to an aromatic ring is 1. The SMILES string of the molecule is COC(C)(C)c1ccccc1-c1cn[nH]c1N. The van der Waals surface area contributed by atoms with Crippen LogP contribution in [0.1, 0.15) is 19.4 Å². The average molecular weight is 231 g/mol. The van der Waals surface area contributed by atoms with E-state index in [-0.39, 0.29) is 5.60 Å². The van der Waals surface area contributed by atoms with Crippen molar-refractivity contribution in [3.63, 3.8) is 0 Å². The van der Waals surface area contributed by atoms with E-state index in [1.54, 1.807) is 13.3 Å². The molecule has 1 aromatic carbocycles. The molecule has 0 aliphatic heterocycles. The molecular weight excluding hydrogens is 214 g/mol. The molecule has 1 heterocycles. The Morgan fingerprint density at radius 1 is 1.24 bits per heavy atom. The van der Waals surface area contributed by atoms with Gasteiger partial charge in [-0.25, -0.2) is 0 Å². The number of nitrogens with one attached hydrogen (secondary N) is 1. The van der Waals surface area contributed by atoms with Gasteiger partial charge < -0.3 is 10.5 Å². The molecule has 17 heavy (non-hydrogen) atoms. The molecule has 0 aliphatic carbocycles. The molecule has 1 aromatic heterocycles. The Bertz CT molecular complexity index is 517. The molecule has 2 rings (SSSR count). The van der Waals surface area contributed by atoms with Gasteiger partial charge in [0.25, 0.3) is 0 Å². The number of benzene rings is 1. The summed E-state index contributed by atoms with van der Waals surface area (Å²) in [6.07, 6.45) is 1.74. The first-order valence-electron chi connectivity index (χ1n) is 5.50. The highest BCUT2D eigenvalue weighted by Gasteiger charge is 2.24. The van der Waals surface area contributed by atoms with Crippen molar-refractivity contribution in [1.29, 1.82) is 0 Å². The Morgan fingerprint density at radius 3 is 2.53 bits per heavy atom. The van der Waals surface area contributed by atoms with E-state index in [1.165, 1.54) is 0 Å². The molecular formula is C13H17N3O. The molecule has 0 spiro atoms. The molecule has 0 saturated carbocycles. The first-order chi connectivity index (χ1) is 8.06. The minimum absolute atomic E-state index is 0.361. The second-order valence-corrected chi connectivity index (χ2v) is 4.46. The van der Waals surface area contributed by atoms with Gasteiger partial charge in [0.05, 0.1) is 11.8 Å². The zero-order valence-electron chi connectivity index (χ0n) is 10.3. The van der Waals surface area contributed by atoms with Crippen LogP contribution in [0.15, 0.2) is 30.5 Å². The average Bonchev–Trinajstić information content (AvgIpc) is 2.75. The molecule has 4 heteroatoms. The summed E-state index contributed by atoms with van der Waals surface area (Å²) in [5, 5.41) is 6.71. The van der Waals surface area contributed by atoms with Gasteiger partial charge in [0.15, 0.2) is 0 Å². The number of H-pyrrole nitrogens is 1. The molecule has 0 fully saturated rings. The first kappa shape index (κ1) is 11.7. The molecule has 0 radical (unpaired) electrons. The molecule has 0 aliphatic rings. The minimum Gasteiger partial charge on any atom is -0.384 e. The lowest BCUT2D eigenvalue weighted by atomic mass is 9.90. The topological polar surface area (TPSA) is 63.9 Å². The van der Waals surface area contributed by atoms with Crippen LogP contribution in [0, 0.1) is 0 Å². The highest BCUT2D eigenvalue weighted by molar-refractivity contribution is 5.76. The third kappa shape index (κ3) is 2.03. The van der Waals surface area contributed by atoms with Gasteiger partial charge >= 0.3 is 0 Å². The second kappa shape index (κ2) is 4.22. The largest absolute Gasteiger partial charge is 0.384 e. The van der Waals surface area contributed by atoms with E-state index < -0.39 is 0 Å². The number of nitrogens with two attached hydrogens (primary N) is 1. The van der Waals surface area contributed by atoms with Crippen molar-refractivity contribution >= 4 is 5.82 Å². The maximum absolute atomic E-state index is 5.87. The van der Waals surface area contributed by atoms with Gasteiger partial charge in [0, 0.05) is 12.7 Å². The van der Waals surface area contributed by atoms with Gasteiger partial charge in [-0.2, -0.15) is 5.10 Å². The summed E-state index contributed by atoms with van der Waals surface area (Å²) in [5.41, 5.74) is 8.55. The third-order valence-electron chi connectivity index (χ3n) is 3.04. The maximum atomic E-state index is 5.87. The fourth-order valence-corrected chi connectivity index (χ4v) is 1.86. The van der Waals surface area contributed by atoms with Crippen molar-refractivity contribution < 1.29 is 4.74 Å². The predicted octanol–water partition coefficient (Wildman–Crippen LogP) is 2.54. The smallest absolute Gasteiger partial charge is 0.126 e. The summed E-state index contributed by atoms with van der Waals surface area (Å²) < 4.78 is 5.53. The molecule has 0 atom stereocenters. The summed E-state index contributed by atoms with van der Waals surface area (Å²) in [6.45, 7) is 4.06. The summed E-state index contributed by atoms with van der Waals surface area (Å²) in [5.74, 6) is 0.573. The molecule has 4 nitrogen and oxygen atoms in total. The quantitative estimate of drug-likeness (QED) is 0.853. The molecule has 0 saturated heterocycles. The molecule has 0 bridgehead atoms. The number of hydrogen-bond acceptors (Lipinski definition) is 3. The van der Waals surface area contributed by atoms with Crippen molar-refractivity contribution in [2.75, 3.05) is 12.8 Å². The van der Waals surface area contributed by atoms with E-state index in [9.17, 15) is 0 Å². The monoisotopic (exact) mass is 231 g/mol. The van der Waals surface area contributed by atoms with E-state index in [2.05, 4.69) is 10.2 Å². The van der Waals surface area contributed by atoms with Crippen molar-refractivity contribution in [2.24, 2.45) is 0 Å². The molecule has 90 valence electrons. The number of methoxy groups -OCH3 is 1. The van der Waals surface area contributed by atoms with Crippen LogP contribution in [-0.2, 0) is 10.3 Å². The number of nitrogens with zero attached hydrogens (tertiary/aromatic N) is 1. The highest BCUT2D eigenvalue weighted by Crippen LogP contribution is 2.35. The van der Waals surface area contributed by atoms with Crippen LogP contribution < -0.4 is 5.73 Å². The van der Waals surface area contributed by atoms with Gasteiger partial charge in [0.1, 0.15) is 5.82 Å². The Hall–Kier alpha value is -1.81. The Morgan fingerprint density at radius 2 is 1.94 bits per heavy atom. The van der Waals surface area contributed by atoms with Gasteiger partial charge in [-0.05, 0) is 25.0 Å². The summed E-state index contributed by atoms with van der Waals surface area (Å²) in [7, 11) is 1.70. The van der Waals surface area contributed by atoms with Crippen molar-refractivity contribution in [2.45, 2.75) is 19.4 Å². The van der Waals surface area contributed by atoms with Crippen LogP contribution in [0.4, 0.5) is 5.82 Å². The Balaban J connectivity index is 2.60. The van der Waals surface area contributed by atoms with E-state index in [1.807, 2.05) is 38.1 Å². The number of ether oxygens (including phenoxy) is 1. The van der Waals surface area contributed by atoms with Crippen LogP contribution in [-0.4, -0.2) is 17.3 Å². The van der Waals surface area contributed by atoms with Crippen LogP contribution in [0.3, 0.4) is 0 Å². The Kier molecular flexibility index (Phi) is 2.90. The van der Waals surface area contributed by atoms with E-state index in [0.29, 0.717) is 5.82 Å². The van der Waals surface area contributed by atoms with E-state index in [0.717, 1.165) is 16.7 Å². The summed E-state index contributed by atoms with van der Waals surface area (Å²) >= 11 is 0. The number of anilines is 1. The fourth-order valence-electron chi connectivity index (χ4n) is 1.86. The van der Waals surface area contributed by atoms with Crippen LogP contribution >= 0.6 is 0 Å². The predicted molar refractivity (Wildman–Crippen MR) is 68.5 cm³/mol.